The Hall–Kier alpha value is -1.86. The Morgan fingerprint density at radius 2 is 2.13 bits per heavy atom. The van der Waals surface area contributed by atoms with Crippen molar-refractivity contribution < 1.29 is 9.53 Å². The fraction of sp³-hybridized carbons (Fsp3) is 0.500. The highest BCUT2D eigenvalue weighted by molar-refractivity contribution is 7.11. The molecule has 0 bridgehead atoms. The summed E-state index contributed by atoms with van der Waals surface area (Å²) in [5.74, 6) is 0. The van der Waals surface area contributed by atoms with Crippen LogP contribution in [-0.4, -0.2) is 41.5 Å². The van der Waals surface area contributed by atoms with Gasteiger partial charge in [-0.1, -0.05) is 0 Å². The van der Waals surface area contributed by atoms with Crippen LogP contribution in [0.25, 0.3) is 0 Å². The van der Waals surface area contributed by atoms with Gasteiger partial charge in [-0.2, -0.15) is 5.10 Å². The molecule has 0 saturated carbocycles. The molecule has 2 aromatic rings. The standard InChI is InChI=1S/C16H24N4O2S/c1-11-6-7-14(23-11)10-19(4)16(21)17-15-12(2)18-20(13(15)3)8-9-22-5/h6-7H,8-10H2,1-5H3,(H,17,21). The molecule has 0 aliphatic rings. The summed E-state index contributed by atoms with van der Waals surface area (Å²) in [4.78, 5) is 16.5. The lowest BCUT2D eigenvalue weighted by molar-refractivity contribution is 0.182. The maximum atomic E-state index is 12.4. The maximum absolute atomic E-state index is 12.4. The van der Waals surface area contributed by atoms with Crippen molar-refractivity contribution >= 4 is 23.1 Å². The third kappa shape index (κ3) is 4.33. The molecule has 2 amide bonds. The average molecular weight is 336 g/mol. The van der Waals surface area contributed by atoms with E-state index in [4.69, 9.17) is 4.74 Å². The van der Waals surface area contributed by atoms with Gasteiger partial charge < -0.3 is 15.0 Å². The Morgan fingerprint density at radius 3 is 2.74 bits per heavy atom. The molecule has 0 aromatic carbocycles. The first-order chi connectivity index (χ1) is 10.9. The first-order valence-electron chi connectivity index (χ1n) is 7.52. The van der Waals surface area contributed by atoms with Crippen molar-refractivity contribution in [1.29, 1.82) is 0 Å². The second-order valence-electron chi connectivity index (χ2n) is 5.56. The molecule has 0 saturated heterocycles. The van der Waals surface area contributed by atoms with Crippen molar-refractivity contribution in [1.82, 2.24) is 14.7 Å². The van der Waals surface area contributed by atoms with Crippen LogP contribution in [-0.2, 0) is 17.8 Å². The van der Waals surface area contributed by atoms with Gasteiger partial charge in [0.2, 0.25) is 0 Å². The van der Waals surface area contributed by atoms with E-state index in [1.807, 2.05) is 18.5 Å². The van der Waals surface area contributed by atoms with Crippen LogP contribution in [0.3, 0.4) is 0 Å². The lowest BCUT2D eigenvalue weighted by Gasteiger charge is -2.17. The summed E-state index contributed by atoms with van der Waals surface area (Å²) >= 11 is 1.71. The van der Waals surface area contributed by atoms with Crippen LogP contribution >= 0.6 is 11.3 Å². The average Bonchev–Trinajstić information content (AvgIpc) is 3.03. The van der Waals surface area contributed by atoms with Gasteiger partial charge in [-0.15, -0.1) is 11.3 Å². The number of nitrogens with zero attached hydrogens (tertiary/aromatic N) is 3. The van der Waals surface area contributed by atoms with E-state index in [2.05, 4.69) is 29.5 Å². The molecule has 126 valence electrons. The number of anilines is 1. The molecule has 2 heterocycles. The molecule has 6 nitrogen and oxygen atoms in total. The zero-order valence-electron chi connectivity index (χ0n) is 14.3. The van der Waals surface area contributed by atoms with Crippen LogP contribution < -0.4 is 5.32 Å². The zero-order valence-corrected chi connectivity index (χ0v) is 15.2. The molecule has 0 unspecified atom stereocenters. The minimum absolute atomic E-state index is 0.131. The van der Waals surface area contributed by atoms with Gasteiger partial charge in [0, 0.05) is 23.9 Å². The van der Waals surface area contributed by atoms with E-state index in [9.17, 15) is 4.79 Å². The van der Waals surface area contributed by atoms with Gasteiger partial charge in [-0.05, 0) is 32.9 Å². The summed E-state index contributed by atoms with van der Waals surface area (Å²) in [6, 6.07) is 4.00. The number of aromatic nitrogens is 2. The highest BCUT2D eigenvalue weighted by Crippen LogP contribution is 2.21. The lowest BCUT2D eigenvalue weighted by Crippen LogP contribution is -2.30. The molecule has 2 rings (SSSR count). The molecule has 7 heteroatoms. The van der Waals surface area contributed by atoms with E-state index >= 15 is 0 Å². The smallest absolute Gasteiger partial charge is 0.322 e. The Kier molecular flexibility index (Phi) is 5.79. The number of amides is 2. The summed E-state index contributed by atoms with van der Waals surface area (Å²) in [5, 5.41) is 7.42. The largest absolute Gasteiger partial charge is 0.383 e. The van der Waals surface area contributed by atoms with E-state index in [0.29, 0.717) is 19.7 Å². The minimum atomic E-state index is -0.131. The molecular formula is C16H24N4O2S. The number of thiophene rings is 1. The van der Waals surface area contributed by atoms with Crippen LogP contribution in [0.1, 0.15) is 21.1 Å². The number of methoxy groups -OCH3 is 1. The molecular weight excluding hydrogens is 312 g/mol. The number of urea groups is 1. The van der Waals surface area contributed by atoms with Crippen LogP contribution in [0, 0.1) is 20.8 Å². The lowest BCUT2D eigenvalue weighted by atomic mass is 10.3. The molecule has 23 heavy (non-hydrogen) atoms. The van der Waals surface area contributed by atoms with Gasteiger partial charge in [0.15, 0.2) is 0 Å². The van der Waals surface area contributed by atoms with Gasteiger partial charge in [0.05, 0.1) is 36.8 Å². The number of ether oxygens (including phenoxy) is 1. The highest BCUT2D eigenvalue weighted by atomic mass is 32.1. The van der Waals surface area contributed by atoms with Crippen LogP contribution in [0.2, 0.25) is 0 Å². The van der Waals surface area contributed by atoms with E-state index in [1.54, 1.807) is 30.4 Å². The Balaban J connectivity index is 2.03. The summed E-state index contributed by atoms with van der Waals surface area (Å²) in [5.41, 5.74) is 2.53. The van der Waals surface area contributed by atoms with Crippen LogP contribution in [0.4, 0.5) is 10.5 Å². The molecule has 2 aromatic heterocycles. The van der Waals surface area contributed by atoms with Crippen LogP contribution in [0.5, 0.6) is 0 Å². The molecule has 0 spiro atoms. The second-order valence-corrected chi connectivity index (χ2v) is 6.93. The SMILES string of the molecule is COCCn1nc(C)c(NC(=O)N(C)Cc2ccc(C)s2)c1C. The number of hydrogen-bond donors (Lipinski definition) is 1. The van der Waals surface area contributed by atoms with Gasteiger partial charge in [-0.3, -0.25) is 4.68 Å². The van der Waals surface area contributed by atoms with Crippen molar-refractivity contribution in [3.8, 4) is 0 Å². The summed E-state index contributed by atoms with van der Waals surface area (Å²) in [7, 11) is 3.46. The number of rotatable bonds is 6. The fourth-order valence-corrected chi connectivity index (χ4v) is 3.30. The number of carbonyl (C=O) groups excluding carboxylic acids is 1. The monoisotopic (exact) mass is 336 g/mol. The molecule has 0 aliphatic heterocycles. The van der Waals surface area contributed by atoms with E-state index in [-0.39, 0.29) is 6.03 Å². The second kappa shape index (κ2) is 7.61. The number of aryl methyl sites for hydroxylation is 2. The zero-order chi connectivity index (χ0) is 17.0. The van der Waals surface area contributed by atoms with Gasteiger partial charge in [0.1, 0.15) is 0 Å². The van der Waals surface area contributed by atoms with Crippen molar-refractivity contribution in [2.45, 2.75) is 33.9 Å². The topological polar surface area (TPSA) is 59.4 Å². The summed E-state index contributed by atoms with van der Waals surface area (Å²) in [6.45, 7) is 7.77. The van der Waals surface area contributed by atoms with Gasteiger partial charge in [0.25, 0.3) is 0 Å². The van der Waals surface area contributed by atoms with Crippen LogP contribution in [0.15, 0.2) is 12.1 Å². The van der Waals surface area contributed by atoms with Crippen molar-refractivity contribution in [3.63, 3.8) is 0 Å². The predicted molar refractivity (Wildman–Crippen MR) is 93.1 cm³/mol. The van der Waals surface area contributed by atoms with Crippen molar-refractivity contribution in [2.24, 2.45) is 0 Å². The van der Waals surface area contributed by atoms with E-state index in [0.717, 1.165) is 17.1 Å². The molecule has 0 radical (unpaired) electrons. The number of carbonyl (C=O) groups is 1. The first-order valence-corrected chi connectivity index (χ1v) is 8.34. The molecule has 0 aliphatic carbocycles. The molecule has 1 N–H and O–H groups in total. The van der Waals surface area contributed by atoms with Crippen molar-refractivity contribution in [3.05, 3.63) is 33.3 Å². The number of hydrogen-bond acceptors (Lipinski definition) is 4. The predicted octanol–water partition coefficient (Wildman–Crippen LogP) is 3.18. The van der Waals surface area contributed by atoms with Gasteiger partial charge >= 0.3 is 6.03 Å². The van der Waals surface area contributed by atoms with E-state index < -0.39 is 0 Å². The van der Waals surface area contributed by atoms with Crippen molar-refractivity contribution in [2.75, 3.05) is 26.1 Å². The Labute approximate surface area is 141 Å². The normalized spacial score (nSPS) is 10.8. The quantitative estimate of drug-likeness (QED) is 0.881. The molecule has 0 atom stereocenters. The maximum Gasteiger partial charge on any atom is 0.322 e. The number of nitrogens with one attached hydrogen (secondary N) is 1. The highest BCUT2D eigenvalue weighted by Gasteiger charge is 2.17. The first kappa shape index (κ1) is 17.5. The molecule has 0 fully saturated rings. The van der Waals surface area contributed by atoms with Gasteiger partial charge in [-0.25, -0.2) is 4.79 Å². The third-order valence-electron chi connectivity index (χ3n) is 3.66. The summed E-state index contributed by atoms with van der Waals surface area (Å²) < 4.78 is 6.94. The van der Waals surface area contributed by atoms with E-state index in [1.165, 1.54) is 9.75 Å². The minimum Gasteiger partial charge on any atom is -0.383 e. The Bertz CT molecular complexity index is 678. The fourth-order valence-electron chi connectivity index (χ4n) is 2.35. The Morgan fingerprint density at radius 1 is 1.39 bits per heavy atom. The summed E-state index contributed by atoms with van der Waals surface area (Å²) in [6.07, 6.45) is 0. The third-order valence-corrected chi connectivity index (χ3v) is 4.64.